The van der Waals surface area contributed by atoms with E-state index in [-0.39, 0.29) is 0 Å². The standard InChI is InChI=1S/C17H24BrN3/c1-5-6-19-17(11-16-9-13(3)20-21(16)4)14-7-12(2)8-15(18)10-14/h7-10,17,19H,5-6,11H2,1-4H3. The Bertz CT molecular complexity index is 584. The van der Waals surface area contributed by atoms with Gasteiger partial charge in [0, 0.05) is 29.7 Å². The first-order valence-corrected chi connectivity index (χ1v) is 8.29. The molecule has 0 aliphatic carbocycles. The monoisotopic (exact) mass is 349 g/mol. The van der Waals surface area contributed by atoms with Crippen LogP contribution >= 0.6 is 15.9 Å². The van der Waals surface area contributed by atoms with Crippen LogP contribution in [0.1, 0.15) is 41.9 Å². The van der Waals surface area contributed by atoms with Gasteiger partial charge in [-0.15, -0.1) is 0 Å². The number of hydrogen-bond donors (Lipinski definition) is 1. The third-order valence-corrected chi connectivity index (χ3v) is 4.08. The average molecular weight is 350 g/mol. The minimum atomic E-state index is 0.316. The molecule has 0 aliphatic rings. The second-order valence-corrected chi connectivity index (χ2v) is 6.59. The summed E-state index contributed by atoms with van der Waals surface area (Å²) in [5.41, 5.74) is 4.95. The fraction of sp³-hybridized carbons (Fsp3) is 0.471. The fourth-order valence-corrected chi connectivity index (χ4v) is 3.28. The van der Waals surface area contributed by atoms with Crippen LogP contribution in [0.4, 0.5) is 0 Å². The van der Waals surface area contributed by atoms with Crippen molar-refractivity contribution in [3.05, 3.63) is 51.3 Å². The van der Waals surface area contributed by atoms with Crippen LogP contribution in [0.5, 0.6) is 0 Å². The Morgan fingerprint density at radius 1 is 1.24 bits per heavy atom. The Hall–Kier alpha value is -1.13. The molecule has 0 radical (unpaired) electrons. The van der Waals surface area contributed by atoms with Crippen LogP contribution in [-0.4, -0.2) is 16.3 Å². The van der Waals surface area contributed by atoms with E-state index in [2.05, 4.69) is 64.5 Å². The summed E-state index contributed by atoms with van der Waals surface area (Å²) in [6.45, 7) is 7.40. The molecule has 2 rings (SSSR count). The maximum absolute atomic E-state index is 4.45. The summed E-state index contributed by atoms with van der Waals surface area (Å²) in [5, 5.41) is 8.12. The molecular weight excluding hydrogens is 326 g/mol. The van der Waals surface area contributed by atoms with Gasteiger partial charge in [0.05, 0.1) is 5.69 Å². The molecule has 4 heteroatoms. The highest BCUT2D eigenvalue weighted by Crippen LogP contribution is 2.24. The molecule has 0 fully saturated rings. The van der Waals surface area contributed by atoms with Crippen LogP contribution in [0.15, 0.2) is 28.7 Å². The number of aromatic nitrogens is 2. The van der Waals surface area contributed by atoms with E-state index in [1.807, 2.05) is 18.7 Å². The van der Waals surface area contributed by atoms with Gasteiger partial charge in [-0.1, -0.05) is 28.9 Å². The number of rotatable bonds is 6. The summed E-state index contributed by atoms with van der Waals surface area (Å²) >= 11 is 3.61. The summed E-state index contributed by atoms with van der Waals surface area (Å²) in [7, 11) is 2.02. The van der Waals surface area contributed by atoms with Crippen molar-refractivity contribution < 1.29 is 0 Å². The van der Waals surface area contributed by atoms with E-state index in [0.717, 1.165) is 29.6 Å². The molecule has 0 bridgehead atoms. The van der Waals surface area contributed by atoms with E-state index in [1.54, 1.807) is 0 Å². The van der Waals surface area contributed by atoms with E-state index in [4.69, 9.17) is 0 Å². The van der Waals surface area contributed by atoms with Crippen LogP contribution in [0.2, 0.25) is 0 Å². The van der Waals surface area contributed by atoms with E-state index < -0.39 is 0 Å². The molecule has 3 nitrogen and oxygen atoms in total. The molecule has 0 amide bonds. The van der Waals surface area contributed by atoms with E-state index in [9.17, 15) is 0 Å². The Morgan fingerprint density at radius 3 is 2.57 bits per heavy atom. The van der Waals surface area contributed by atoms with Gasteiger partial charge in [-0.2, -0.15) is 5.10 Å². The zero-order valence-corrected chi connectivity index (χ0v) is 14.9. The van der Waals surface area contributed by atoms with E-state index in [1.165, 1.54) is 16.8 Å². The van der Waals surface area contributed by atoms with Gasteiger partial charge in [0.1, 0.15) is 0 Å². The molecule has 1 atom stereocenters. The van der Waals surface area contributed by atoms with Crippen molar-refractivity contribution in [3.63, 3.8) is 0 Å². The topological polar surface area (TPSA) is 29.9 Å². The third-order valence-electron chi connectivity index (χ3n) is 3.62. The first-order chi connectivity index (χ1) is 9.99. The Balaban J connectivity index is 2.27. The number of nitrogens with zero attached hydrogens (tertiary/aromatic N) is 2. The van der Waals surface area contributed by atoms with Crippen LogP contribution in [0.25, 0.3) is 0 Å². The van der Waals surface area contributed by atoms with Crippen molar-refractivity contribution in [3.8, 4) is 0 Å². The van der Waals surface area contributed by atoms with Crippen molar-refractivity contribution in [2.45, 2.75) is 39.7 Å². The van der Waals surface area contributed by atoms with Gasteiger partial charge in [0.25, 0.3) is 0 Å². The van der Waals surface area contributed by atoms with Crippen molar-refractivity contribution >= 4 is 15.9 Å². The van der Waals surface area contributed by atoms with Crippen LogP contribution in [0, 0.1) is 13.8 Å². The highest BCUT2D eigenvalue weighted by Gasteiger charge is 2.15. The molecule has 1 aromatic carbocycles. The Morgan fingerprint density at radius 2 is 2.00 bits per heavy atom. The number of benzene rings is 1. The maximum Gasteiger partial charge on any atom is 0.0596 e. The number of aryl methyl sites for hydroxylation is 3. The van der Waals surface area contributed by atoms with Gasteiger partial charge in [0.2, 0.25) is 0 Å². The minimum Gasteiger partial charge on any atom is -0.310 e. The van der Waals surface area contributed by atoms with Crippen molar-refractivity contribution in [1.82, 2.24) is 15.1 Å². The molecule has 1 N–H and O–H groups in total. The lowest BCUT2D eigenvalue weighted by Gasteiger charge is -2.20. The van der Waals surface area contributed by atoms with Crippen molar-refractivity contribution in [2.24, 2.45) is 7.05 Å². The number of halogens is 1. The predicted octanol–water partition coefficient (Wildman–Crippen LogP) is 4.08. The van der Waals surface area contributed by atoms with Crippen molar-refractivity contribution in [2.75, 3.05) is 6.54 Å². The summed E-state index contributed by atoms with van der Waals surface area (Å²) in [4.78, 5) is 0. The van der Waals surface area contributed by atoms with E-state index in [0.29, 0.717) is 6.04 Å². The number of hydrogen-bond acceptors (Lipinski definition) is 2. The highest BCUT2D eigenvalue weighted by molar-refractivity contribution is 9.10. The first-order valence-electron chi connectivity index (χ1n) is 7.49. The molecule has 1 heterocycles. The smallest absolute Gasteiger partial charge is 0.0596 e. The third kappa shape index (κ3) is 4.42. The zero-order valence-electron chi connectivity index (χ0n) is 13.3. The first kappa shape index (κ1) is 16.2. The minimum absolute atomic E-state index is 0.316. The van der Waals surface area contributed by atoms with Crippen LogP contribution in [0.3, 0.4) is 0 Å². The Labute approximate surface area is 135 Å². The molecule has 1 aromatic heterocycles. The van der Waals surface area contributed by atoms with Gasteiger partial charge < -0.3 is 5.32 Å². The van der Waals surface area contributed by atoms with Gasteiger partial charge in [-0.05, 0) is 56.1 Å². The summed E-state index contributed by atoms with van der Waals surface area (Å²) in [6.07, 6.45) is 2.08. The SMILES string of the molecule is CCCNC(Cc1cc(C)nn1C)c1cc(C)cc(Br)c1. The highest BCUT2D eigenvalue weighted by atomic mass is 79.9. The van der Waals surface area contributed by atoms with Crippen LogP contribution < -0.4 is 5.32 Å². The maximum atomic E-state index is 4.45. The lowest BCUT2D eigenvalue weighted by atomic mass is 10.00. The summed E-state index contributed by atoms with van der Waals surface area (Å²) < 4.78 is 3.13. The van der Waals surface area contributed by atoms with Gasteiger partial charge >= 0.3 is 0 Å². The lowest BCUT2D eigenvalue weighted by molar-refractivity contribution is 0.512. The fourth-order valence-electron chi connectivity index (χ4n) is 2.66. The summed E-state index contributed by atoms with van der Waals surface area (Å²) in [6, 6.07) is 9.11. The molecule has 21 heavy (non-hydrogen) atoms. The predicted molar refractivity (Wildman–Crippen MR) is 91.6 cm³/mol. The normalized spacial score (nSPS) is 12.6. The molecule has 0 aliphatic heterocycles. The molecule has 0 saturated heterocycles. The molecule has 2 aromatic rings. The molecule has 114 valence electrons. The largest absolute Gasteiger partial charge is 0.310 e. The second-order valence-electron chi connectivity index (χ2n) is 5.67. The molecule has 1 unspecified atom stereocenters. The lowest BCUT2D eigenvalue weighted by Crippen LogP contribution is -2.25. The van der Waals surface area contributed by atoms with Gasteiger partial charge in [-0.25, -0.2) is 0 Å². The second kappa shape index (κ2) is 7.23. The quantitative estimate of drug-likeness (QED) is 0.851. The molecule has 0 saturated carbocycles. The van der Waals surface area contributed by atoms with Gasteiger partial charge in [-0.3, -0.25) is 4.68 Å². The summed E-state index contributed by atoms with van der Waals surface area (Å²) in [5.74, 6) is 0. The number of nitrogens with one attached hydrogen (secondary N) is 1. The molecule has 0 spiro atoms. The van der Waals surface area contributed by atoms with Crippen LogP contribution in [-0.2, 0) is 13.5 Å². The molecular formula is C17H24BrN3. The van der Waals surface area contributed by atoms with Gasteiger partial charge in [0.15, 0.2) is 0 Å². The average Bonchev–Trinajstić information content (AvgIpc) is 2.71. The van der Waals surface area contributed by atoms with E-state index >= 15 is 0 Å². The van der Waals surface area contributed by atoms with Crippen molar-refractivity contribution in [1.29, 1.82) is 0 Å². The Kier molecular flexibility index (Phi) is 5.59. The zero-order chi connectivity index (χ0) is 15.4.